The largest absolute Gasteiger partial charge is 0.371 e. The van der Waals surface area contributed by atoms with E-state index in [1.807, 2.05) is 24.2 Å². The second-order valence-corrected chi connectivity index (χ2v) is 7.43. The first-order valence-electron chi connectivity index (χ1n) is 9.18. The summed E-state index contributed by atoms with van der Waals surface area (Å²) in [6, 6.07) is 0.0197. The Kier molecular flexibility index (Phi) is 4.39. The summed E-state index contributed by atoms with van der Waals surface area (Å²) in [7, 11) is 0. The van der Waals surface area contributed by atoms with Gasteiger partial charge in [0.15, 0.2) is 0 Å². The minimum Gasteiger partial charge on any atom is -0.371 e. The van der Waals surface area contributed by atoms with Crippen molar-refractivity contribution in [2.45, 2.75) is 57.2 Å². The van der Waals surface area contributed by atoms with Crippen molar-refractivity contribution in [3.05, 3.63) is 23.8 Å². The molecular weight excluding hydrogens is 304 g/mol. The normalized spacial score (nSPS) is 27.1. The molecule has 0 aromatic carbocycles. The van der Waals surface area contributed by atoms with Crippen LogP contribution in [0.3, 0.4) is 0 Å². The molecular formula is C18H26N4O2. The van der Waals surface area contributed by atoms with Gasteiger partial charge in [-0.05, 0) is 50.5 Å². The summed E-state index contributed by atoms with van der Waals surface area (Å²) in [4.78, 5) is 23.2. The molecule has 2 saturated carbocycles. The molecule has 0 bridgehead atoms. The minimum atomic E-state index is 0.0197. The number of urea groups is 1. The number of carbonyl (C=O) groups is 1. The van der Waals surface area contributed by atoms with Crippen LogP contribution >= 0.6 is 0 Å². The Morgan fingerprint density at radius 1 is 1.25 bits per heavy atom. The highest BCUT2D eigenvalue weighted by Crippen LogP contribution is 2.37. The second kappa shape index (κ2) is 6.67. The number of nitrogens with zero attached hydrogens (tertiary/aromatic N) is 3. The Labute approximate surface area is 143 Å². The molecule has 24 heavy (non-hydrogen) atoms. The second-order valence-electron chi connectivity index (χ2n) is 7.43. The third kappa shape index (κ3) is 3.86. The van der Waals surface area contributed by atoms with E-state index in [1.165, 1.54) is 25.7 Å². The number of amides is 2. The minimum absolute atomic E-state index is 0.0197. The number of carbonyl (C=O) groups excluding carboxylic acids is 1. The molecule has 2 amide bonds. The lowest BCUT2D eigenvalue weighted by atomic mass is 10.1. The van der Waals surface area contributed by atoms with Gasteiger partial charge in [-0.1, -0.05) is 0 Å². The summed E-state index contributed by atoms with van der Waals surface area (Å²) in [5.74, 6) is 2.21. The van der Waals surface area contributed by atoms with Gasteiger partial charge in [0.2, 0.25) is 0 Å². The lowest BCUT2D eigenvalue weighted by Gasteiger charge is -2.37. The van der Waals surface area contributed by atoms with E-state index < -0.39 is 0 Å². The molecule has 3 fully saturated rings. The fourth-order valence-electron chi connectivity index (χ4n) is 3.35. The van der Waals surface area contributed by atoms with Crippen LogP contribution in [-0.2, 0) is 11.2 Å². The van der Waals surface area contributed by atoms with Crippen LogP contribution in [0.15, 0.2) is 12.4 Å². The number of rotatable bonds is 5. The van der Waals surface area contributed by atoms with Crippen LogP contribution in [0.25, 0.3) is 0 Å². The lowest BCUT2D eigenvalue weighted by Crippen LogP contribution is -2.53. The predicted octanol–water partition coefficient (Wildman–Crippen LogP) is 2.11. The van der Waals surface area contributed by atoms with E-state index in [0.29, 0.717) is 24.9 Å². The smallest absolute Gasteiger partial charge is 0.317 e. The average molecular weight is 330 g/mol. The van der Waals surface area contributed by atoms with Crippen LogP contribution in [0, 0.1) is 5.92 Å². The van der Waals surface area contributed by atoms with E-state index in [9.17, 15) is 4.79 Å². The average Bonchev–Trinajstić information content (AvgIpc) is 3.48. The summed E-state index contributed by atoms with van der Waals surface area (Å²) in [6.07, 6.45) is 9.82. The zero-order chi connectivity index (χ0) is 16.5. The first-order valence-corrected chi connectivity index (χ1v) is 9.18. The summed E-state index contributed by atoms with van der Waals surface area (Å²) >= 11 is 0. The molecule has 1 aromatic heterocycles. The van der Waals surface area contributed by atoms with Crippen molar-refractivity contribution < 1.29 is 9.53 Å². The maximum Gasteiger partial charge on any atom is 0.317 e. The van der Waals surface area contributed by atoms with Crippen LogP contribution in [0.2, 0.25) is 0 Å². The van der Waals surface area contributed by atoms with Crippen LogP contribution in [0.4, 0.5) is 4.79 Å². The van der Waals surface area contributed by atoms with Crippen LogP contribution < -0.4 is 5.32 Å². The van der Waals surface area contributed by atoms with Gasteiger partial charge >= 0.3 is 6.03 Å². The van der Waals surface area contributed by atoms with Crippen LogP contribution in [0.5, 0.6) is 0 Å². The Morgan fingerprint density at radius 3 is 2.67 bits per heavy atom. The molecule has 130 valence electrons. The third-order valence-corrected chi connectivity index (χ3v) is 5.08. The van der Waals surface area contributed by atoms with Gasteiger partial charge in [-0.25, -0.2) is 14.8 Å². The molecule has 6 nitrogen and oxygen atoms in total. The molecule has 2 aliphatic carbocycles. The fraction of sp³-hybridized carbons (Fsp3) is 0.722. The van der Waals surface area contributed by atoms with Gasteiger partial charge < -0.3 is 15.0 Å². The predicted molar refractivity (Wildman–Crippen MR) is 89.7 cm³/mol. The van der Waals surface area contributed by atoms with E-state index in [-0.39, 0.29) is 18.2 Å². The van der Waals surface area contributed by atoms with Gasteiger partial charge in [0.05, 0.1) is 12.2 Å². The number of morpholine rings is 1. The van der Waals surface area contributed by atoms with Gasteiger partial charge in [-0.15, -0.1) is 0 Å². The van der Waals surface area contributed by atoms with Crippen LogP contribution in [0.1, 0.15) is 49.9 Å². The first kappa shape index (κ1) is 15.8. The van der Waals surface area contributed by atoms with Gasteiger partial charge in [0.25, 0.3) is 0 Å². The van der Waals surface area contributed by atoms with E-state index >= 15 is 0 Å². The Hall–Kier alpha value is -1.69. The van der Waals surface area contributed by atoms with Crippen molar-refractivity contribution in [3.63, 3.8) is 0 Å². The van der Waals surface area contributed by atoms with Gasteiger partial charge in [0.1, 0.15) is 5.82 Å². The quantitative estimate of drug-likeness (QED) is 0.898. The van der Waals surface area contributed by atoms with Gasteiger partial charge in [-0.3, -0.25) is 0 Å². The standard InChI is InChI=1S/C18H26N4O2/c1-12-10-22(11-16(24-12)14-2-3-14)18(23)19-7-6-13-8-20-17(21-9-13)15-4-5-15/h8-9,12,14-16H,2-7,10-11H2,1H3,(H,19,23). The van der Waals surface area contributed by atoms with Gasteiger partial charge in [-0.2, -0.15) is 0 Å². The molecule has 6 heteroatoms. The lowest BCUT2D eigenvalue weighted by molar-refractivity contribution is -0.0730. The van der Waals surface area contributed by atoms with Crippen molar-refractivity contribution in [1.29, 1.82) is 0 Å². The van der Waals surface area contributed by atoms with E-state index in [2.05, 4.69) is 15.3 Å². The Morgan fingerprint density at radius 2 is 2.00 bits per heavy atom. The summed E-state index contributed by atoms with van der Waals surface area (Å²) in [5.41, 5.74) is 1.07. The number of nitrogens with one attached hydrogen (secondary N) is 1. The number of ether oxygens (including phenoxy) is 1. The van der Waals surface area contributed by atoms with Crippen molar-refractivity contribution >= 4 is 6.03 Å². The molecule has 0 spiro atoms. The molecule has 2 unspecified atom stereocenters. The van der Waals surface area contributed by atoms with Gasteiger partial charge in [0, 0.05) is 37.9 Å². The Balaban J connectivity index is 1.23. The SMILES string of the molecule is CC1CN(C(=O)NCCc2cnc(C3CC3)nc2)CC(C2CC2)O1. The number of hydrogen-bond acceptors (Lipinski definition) is 4. The highest BCUT2D eigenvalue weighted by Gasteiger charge is 2.38. The highest BCUT2D eigenvalue weighted by atomic mass is 16.5. The van der Waals surface area contributed by atoms with Crippen molar-refractivity contribution in [2.24, 2.45) is 5.92 Å². The molecule has 2 heterocycles. The molecule has 0 radical (unpaired) electrons. The van der Waals surface area contributed by atoms with Crippen molar-refractivity contribution in [1.82, 2.24) is 20.2 Å². The fourth-order valence-corrected chi connectivity index (χ4v) is 3.35. The summed E-state index contributed by atoms with van der Waals surface area (Å²) < 4.78 is 5.96. The van der Waals surface area contributed by atoms with Crippen molar-refractivity contribution in [3.8, 4) is 0 Å². The van der Waals surface area contributed by atoms with Crippen LogP contribution in [-0.4, -0.2) is 52.7 Å². The number of hydrogen-bond donors (Lipinski definition) is 1. The Bertz CT molecular complexity index is 583. The molecule has 1 saturated heterocycles. The molecule has 1 aromatic rings. The zero-order valence-electron chi connectivity index (χ0n) is 14.3. The monoisotopic (exact) mass is 330 g/mol. The van der Waals surface area contributed by atoms with E-state index in [0.717, 1.165) is 24.4 Å². The molecule has 3 aliphatic rings. The number of aromatic nitrogens is 2. The molecule has 4 rings (SSSR count). The maximum atomic E-state index is 12.4. The topological polar surface area (TPSA) is 67.4 Å². The zero-order valence-corrected chi connectivity index (χ0v) is 14.3. The third-order valence-electron chi connectivity index (χ3n) is 5.08. The first-order chi connectivity index (χ1) is 11.7. The van der Waals surface area contributed by atoms with Crippen molar-refractivity contribution in [2.75, 3.05) is 19.6 Å². The summed E-state index contributed by atoms with van der Waals surface area (Å²) in [6.45, 7) is 4.06. The maximum absolute atomic E-state index is 12.4. The molecule has 1 aliphatic heterocycles. The van der Waals surface area contributed by atoms with E-state index in [4.69, 9.17) is 4.74 Å². The molecule has 1 N–H and O–H groups in total. The van der Waals surface area contributed by atoms with E-state index in [1.54, 1.807) is 0 Å². The summed E-state index contributed by atoms with van der Waals surface area (Å²) in [5, 5.41) is 3.03. The highest BCUT2D eigenvalue weighted by molar-refractivity contribution is 5.74. The molecule has 2 atom stereocenters.